The van der Waals surface area contributed by atoms with Crippen LogP contribution in [0.4, 0.5) is 0 Å². The summed E-state index contributed by atoms with van der Waals surface area (Å²) in [5, 5.41) is 2.93. The molecule has 0 aliphatic heterocycles. The molecule has 1 aromatic carbocycles. The van der Waals surface area contributed by atoms with Gasteiger partial charge in [-0.15, -0.1) is 0 Å². The van der Waals surface area contributed by atoms with E-state index in [0.717, 1.165) is 5.56 Å². The highest BCUT2D eigenvalue weighted by Crippen LogP contribution is 2.05. The molecule has 0 bridgehead atoms. The molecule has 1 aromatic rings. The largest absolute Gasteiger partial charge is 0.462 e. The van der Waals surface area contributed by atoms with Gasteiger partial charge in [0.15, 0.2) is 0 Å². The van der Waals surface area contributed by atoms with E-state index in [1.165, 1.54) is 0 Å². The van der Waals surface area contributed by atoms with Crippen molar-refractivity contribution in [1.29, 1.82) is 0 Å². The van der Waals surface area contributed by atoms with Gasteiger partial charge in [0.1, 0.15) is 0 Å². The first-order valence-electron chi connectivity index (χ1n) is 5.18. The van der Waals surface area contributed by atoms with Gasteiger partial charge in [-0.25, -0.2) is 4.79 Å². The zero-order valence-corrected chi connectivity index (χ0v) is 9.54. The Morgan fingerprint density at radius 3 is 3.00 bits per heavy atom. The zero-order valence-electron chi connectivity index (χ0n) is 9.54. The van der Waals surface area contributed by atoms with Crippen LogP contribution in [0.2, 0.25) is 0 Å². The Morgan fingerprint density at radius 2 is 2.31 bits per heavy atom. The highest BCUT2D eigenvalue weighted by atomic mass is 16.5. The van der Waals surface area contributed by atoms with Crippen LogP contribution in [0.1, 0.15) is 22.8 Å². The molecule has 0 unspecified atom stereocenters. The van der Waals surface area contributed by atoms with Crippen LogP contribution in [0.3, 0.4) is 0 Å². The molecule has 0 radical (unpaired) electrons. The fraction of sp³-hybridized carbons (Fsp3) is 0.308. The lowest BCUT2D eigenvalue weighted by Crippen LogP contribution is -2.05. The van der Waals surface area contributed by atoms with E-state index >= 15 is 0 Å². The molecule has 0 heterocycles. The van der Waals surface area contributed by atoms with Crippen molar-refractivity contribution < 1.29 is 9.53 Å². The quantitative estimate of drug-likeness (QED) is 0.615. The minimum Gasteiger partial charge on any atom is -0.462 e. The average Bonchev–Trinajstić information content (AvgIpc) is 2.30. The molecule has 3 heteroatoms. The van der Waals surface area contributed by atoms with Crippen molar-refractivity contribution in [2.45, 2.75) is 6.92 Å². The second-order valence-corrected chi connectivity index (χ2v) is 3.13. The summed E-state index contributed by atoms with van der Waals surface area (Å²) in [5.74, 6) is 5.59. The standard InChI is InChI=1S/C13H15NO2/c1-3-16-13(15)12-8-4-6-11(10-12)7-5-9-14-2/h4,6,8,10,14H,3,9H2,1-2H3. The Bertz CT molecular complexity index is 415. The van der Waals surface area contributed by atoms with Crippen LogP contribution in [-0.4, -0.2) is 26.2 Å². The molecule has 3 nitrogen and oxygen atoms in total. The van der Waals surface area contributed by atoms with Crippen LogP contribution in [0, 0.1) is 11.8 Å². The lowest BCUT2D eigenvalue weighted by atomic mass is 10.1. The van der Waals surface area contributed by atoms with Gasteiger partial charge in [0.05, 0.1) is 18.7 Å². The number of nitrogens with one attached hydrogen (secondary N) is 1. The summed E-state index contributed by atoms with van der Waals surface area (Å²) in [7, 11) is 1.84. The second kappa shape index (κ2) is 6.65. The molecule has 0 amide bonds. The third-order valence-electron chi connectivity index (χ3n) is 1.87. The number of ether oxygens (including phenoxy) is 1. The number of hydrogen-bond acceptors (Lipinski definition) is 3. The van der Waals surface area contributed by atoms with Crippen molar-refractivity contribution in [3.05, 3.63) is 35.4 Å². The molecule has 1 rings (SSSR count). The van der Waals surface area contributed by atoms with Gasteiger partial charge >= 0.3 is 5.97 Å². The van der Waals surface area contributed by atoms with Crippen molar-refractivity contribution in [1.82, 2.24) is 5.32 Å². The third kappa shape index (κ3) is 3.76. The van der Waals surface area contributed by atoms with Gasteiger partial charge in [0, 0.05) is 5.56 Å². The molecule has 0 aliphatic carbocycles. The van der Waals surface area contributed by atoms with Gasteiger partial charge in [0.2, 0.25) is 0 Å². The first-order valence-corrected chi connectivity index (χ1v) is 5.18. The van der Waals surface area contributed by atoms with Crippen molar-refractivity contribution in [3.63, 3.8) is 0 Å². The monoisotopic (exact) mass is 217 g/mol. The fourth-order valence-electron chi connectivity index (χ4n) is 1.17. The van der Waals surface area contributed by atoms with Gasteiger partial charge < -0.3 is 10.1 Å². The van der Waals surface area contributed by atoms with E-state index in [-0.39, 0.29) is 5.97 Å². The Morgan fingerprint density at radius 1 is 1.50 bits per heavy atom. The number of esters is 1. The maximum atomic E-state index is 11.4. The Kier molecular flexibility index (Phi) is 5.10. The number of carbonyl (C=O) groups excluding carboxylic acids is 1. The van der Waals surface area contributed by atoms with E-state index in [0.29, 0.717) is 18.7 Å². The summed E-state index contributed by atoms with van der Waals surface area (Å²) < 4.78 is 4.91. The minimum atomic E-state index is -0.306. The molecular formula is C13H15NO2. The Labute approximate surface area is 95.8 Å². The summed E-state index contributed by atoms with van der Waals surface area (Å²) in [6, 6.07) is 7.13. The Balaban J connectivity index is 2.79. The molecule has 0 fully saturated rings. The van der Waals surface area contributed by atoms with E-state index in [1.807, 2.05) is 13.1 Å². The highest BCUT2D eigenvalue weighted by molar-refractivity contribution is 5.89. The molecule has 84 valence electrons. The zero-order chi connectivity index (χ0) is 11.8. The molecule has 16 heavy (non-hydrogen) atoms. The predicted molar refractivity (Wildman–Crippen MR) is 63.2 cm³/mol. The lowest BCUT2D eigenvalue weighted by Gasteiger charge is -2.01. The van der Waals surface area contributed by atoms with Crippen LogP contribution >= 0.6 is 0 Å². The van der Waals surface area contributed by atoms with Crippen LogP contribution in [0.5, 0.6) is 0 Å². The van der Waals surface area contributed by atoms with Crippen molar-refractivity contribution in [2.75, 3.05) is 20.2 Å². The minimum absolute atomic E-state index is 0.306. The normalized spacial score (nSPS) is 9.12. The average molecular weight is 217 g/mol. The van der Waals surface area contributed by atoms with Crippen molar-refractivity contribution >= 4 is 5.97 Å². The summed E-state index contributed by atoms with van der Waals surface area (Å²) in [4.78, 5) is 11.4. The van der Waals surface area contributed by atoms with Gasteiger partial charge in [-0.05, 0) is 32.2 Å². The van der Waals surface area contributed by atoms with E-state index in [1.54, 1.807) is 25.1 Å². The topological polar surface area (TPSA) is 38.3 Å². The number of rotatable bonds is 3. The van der Waals surface area contributed by atoms with Gasteiger partial charge in [-0.3, -0.25) is 0 Å². The van der Waals surface area contributed by atoms with Crippen LogP contribution < -0.4 is 5.32 Å². The molecule has 0 saturated carbocycles. The van der Waals surface area contributed by atoms with E-state index in [4.69, 9.17) is 4.74 Å². The van der Waals surface area contributed by atoms with Gasteiger partial charge in [-0.2, -0.15) is 0 Å². The van der Waals surface area contributed by atoms with Gasteiger partial charge in [-0.1, -0.05) is 17.9 Å². The molecule has 0 saturated heterocycles. The molecule has 1 N–H and O–H groups in total. The highest BCUT2D eigenvalue weighted by Gasteiger charge is 2.05. The SMILES string of the molecule is CCOC(=O)c1cccc(C#CCNC)c1. The maximum Gasteiger partial charge on any atom is 0.338 e. The lowest BCUT2D eigenvalue weighted by molar-refractivity contribution is 0.0526. The summed E-state index contributed by atoms with van der Waals surface area (Å²) in [5.41, 5.74) is 1.36. The van der Waals surface area contributed by atoms with E-state index in [9.17, 15) is 4.79 Å². The van der Waals surface area contributed by atoms with E-state index in [2.05, 4.69) is 17.2 Å². The number of hydrogen-bond donors (Lipinski definition) is 1. The van der Waals surface area contributed by atoms with Gasteiger partial charge in [0.25, 0.3) is 0 Å². The van der Waals surface area contributed by atoms with E-state index < -0.39 is 0 Å². The van der Waals surface area contributed by atoms with Crippen LogP contribution in [0.25, 0.3) is 0 Å². The molecule has 0 aliphatic rings. The molecule has 0 atom stereocenters. The number of carbonyl (C=O) groups is 1. The van der Waals surface area contributed by atoms with Crippen molar-refractivity contribution in [3.8, 4) is 11.8 Å². The molecule has 0 spiro atoms. The summed E-state index contributed by atoms with van der Waals surface area (Å²) in [6.45, 7) is 2.80. The Hall–Kier alpha value is -1.79. The molecular weight excluding hydrogens is 202 g/mol. The second-order valence-electron chi connectivity index (χ2n) is 3.13. The van der Waals surface area contributed by atoms with Crippen LogP contribution in [-0.2, 0) is 4.74 Å². The number of benzene rings is 1. The van der Waals surface area contributed by atoms with Crippen molar-refractivity contribution in [2.24, 2.45) is 0 Å². The molecule has 0 aromatic heterocycles. The summed E-state index contributed by atoms with van der Waals surface area (Å²) in [6.07, 6.45) is 0. The first-order chi connectivity index (χ1) is 7.77. The first kappa shape index (κ1) is 12.3. The summed E-state index contributed by atoms with van der Waals surface area (Å²) >= 11 is 0. The third-order valence-corrected chi connectivity index (χ3v) is 1.87. The maximum absolute atomic E-state index is 11.4. The van der Waals surface area contributed by atoms with Crippen LogP contribution in [0.15, 0.2) is 24.3 Å². The predicted octanol–water partition coefficient (Wildman–Crippen LogP) is 1.43. The fourth-order valence-corrected chi connectivity index (χ4v) is 1.17. The smallest absolute Gasteiger partial charge is 0.338 e.